The minimum atomic E-state index is 0.328. The molecule has 0 unspecified atom stereocenters. The van der Waals surface area contributed by atoms with Crippen molar-refractivity contribution < 1.29 is 9.47 Å². The van der Waals surface area contributed by atoms with Gasteiger partial charge in [-0.05, 0) is 54.3 Å². The van der Waals surface area contributed by atoms with E-state index in [0.29, 0.717) is 12.7 Å². The lowest BCUT2D eigenvalue weighted by Crippen LogP contribution is -2.36. The molecule has 1 heterocycles. The molecule has 2 N–H and O–H groups in total. The van der Waals surface area contributed by atoms with Gasteiger partial charge in [0.15, 0.2) is 5.96 Å². The largest absolute Gasteiger partial charge is 0.381 e. The van der Waals surface area contributed by atoms with E-state index in [1.807, 2.05) is 0 Å². The maximum atomic E-state index is 6.00. The first-order valence-corrected chi connectivity index (χ1v) is 11.8. The maximum Gasteiger partial charge on any atom is 0.191 e. The lowest BCUT2D eigenvalue weighted by Gasteiger charge is -2.22. The standard InChI is InChI=1S/C24H33N3O2S/c1-18-4-9-21(23(14-18)30-3)16-27-24(25-2)26-15-19-5-7-20(8-6-19)17-29-22-10-12-28-13-11-22/h4-9,14,22H,10-13,15-17H2,1-3H3,(H2,25,26,27). The van der Waals surface area contributed by atoms with Crippen LogP contribution in [0.25, 0.3) is 0 Å². The van der Waals surface area contributed by atoms with Crippen molar-refractivity contribution in [2.45, 2.75) is 50.5 Å². The predicted octanol–water partition coefficient (Wildman–Crippen LogP) is 4.28. The first-order valence-electron chi connectivity index (χ1n) is 10.5. The van der Waals surface area contributed by atoms with Crippen molar-refractivity contribution in [3.8, 4) is 0 Å². The Morgan fingerprint density at radius 2 is 1.77 bits per heavy atom. The summed E-state index contributed by atoms with van der Waals surface area (Å²) in [6, 6.07) is 15.1. The Hall–Kier alpha value is -2.02. The van der Waals surface area contributed by atoms with Crippen LogP contribution in [0.15, 0.2) is 52.4 Å². The van der Waals surface area contributed by atoms with Gasteiger partial charge in [-0.3, -0.25) is 4.99 Å². The van der Waals surface area contributed by atoms with Crippen molar-refractivity contribution in [1.82, 2.24) is 10.6 Å². The molecule has 30 heavy (non-hydrogen) atoms. The zero-order valence-electron chi connectivity index (χ0n) is 18.2. The van der Waals surface area contributed by atoms with Gasteiger partial charge in [-0.2, -0.15) is 0 Å². The maximum absolute atomic E-state index is 6.00. The second-order valence-corrected chi connectivity index (χ2v) is 8.38. The third-order valence-electron chi connectivity index (χ3n) is 5.25. The van der Waals surface area contributed by atoms with Crippen LogP contribution in [0.5, 0.6) is 0 Å². The summed E-state index contributed by atoms with van der Waals surface area (Å²) in [6.45, 7) is 5.89. The monoisotopic (exact) mass is 427 g/mol. The van der Waals surface area contributed by atoms with Gasteiger partial charge in [0.25, 0.3) is 0 Å². The lowest BCUT2D eigenvalue weighted by molar-refractivity contribution is -0.0390. The highest BCUT2D eigenvalue weighted by molar-refractivity contribution is 7.98. The molecule has 2 aromatic rings. The summed E-state index contributed by atoms with van der Waals surface area (Å²) < 4.78 is 11.4. The van der Waals surface area contributed by atoms with Crippen LogP contribution in [-0.4, -0.2) is 38.6 Å². The Labute approximate surface area is 184 Å². The van der Waals surface area contributed by atoms with Crippen LogP contribution in [0, 0.1) is 6.92 Å². The van der Waals surface area contributed by atoms with Crippen molar-refractivity contribution in [1.29, 1.82) is 0 Å². The van der Waals surface area contributed by atoms with E-state index in [1.165, 1.54) is 27.1 Å². The molecule has 1 aliphatic heterocycles. The van der Waals surface area contributed by atoms with Crippen molar-refractivity contribution in [3.05, 3.63) is 64.7 Å². The summed E-state index contributed by atoms with van der Waals surface area (Å²) in [6.07, 6.45) is 4.43. The van der Waals surface area contributed by atoms with Crippen LogP contribution in [-0.2, 0) is 29.2 Å². The molecule has 0 radical (unpaired) electrons. The predicted molar refractivity (Wildman–Crippen MR) is 125 cm³/mol. The molecule has 1 aliphatic rings. The zero-order valence-corrected chi connectivity index (χ0v) is 19.1. The third kappa shape index (κ3) is 7.04. The molecule has 3 rings (SSSR count). The molecule has 0 atom stereocenters. The molecule has 0 aromatic heterocycles. The summed E-state index contributed by atoms with van der Waals surface area (Å²) in [4.78, 5) is 5.65. The first kappa shape index (κ1) is 22.7. The summed E-state index contributed by atoms with van der Waals surface area (Å²) in [5.74, 6) is 0.801. The number of guanidine groups is 1. The number of aliphatic imine (C=N–C) groups is 1. The number of nitrogens with zero attached hydrogens (tertiary/aromatic N) is 1. The van der Waals surface area contributed by atoms with Gasteiger partial charge in [-0.25, -0.2) is 0 Å². The molecule has 6 heteroatoms. The highest BCUT2D eigenvalue weighted by Gasteiger charge is 2.13. The molecular formula is C24H33N3O2S. The van der Waals surface area contributed by atoms with Crippen molar-refractivity contribution in [3.63, 3.8) is 0 Å². The van der Waals surface area contributed by atoms with E-state index in [9.17, 15) is 0 Å². The Morgan fingerprint density at radius 1 is 1.07 bits per heavy atom. The molecule has 0 spiro atoms. The lowest BCUT2D eigenvalue weighted by atomic mass is 10.1. The third-order valence-corrected chi connectivity index (χ3v) is 6.07. The van der Waals surface area contributed by atoms with Crippen LogP contribution in [0.1, 0.15) is 35.1 Å². The number of hydrogen-bond donors (Lipinski definition) is 2. The second kappa shape index (κ2) is 12.0. The fraction of sp³-hybridized carbons (Fsp3) is 0.458. The van der Waals surface area contributed by atoms with Crippen molar-refractivity contribution >= 4 is 17.7 Å². The first-order chi connectivity index (χ1) is 14.7. The molecule has 0 saturated carbocycles. The number of thioether (sulfide) groups is 1. The van der Waals surface area contributed by atoms with Crippen molar-refractivity contribution in [2.75, 3.05) is 26.5 Å². The highest BCUT2D eigenvalue weighted by atomic mass is 32.2. The number of ether oxygens (including phenoxy) is 2. The number of benzene rings is 2. The average Bonchev–Trinajstić information content (AvgIpc) is 2.80. The summed E-state index contributed by atoms with van der Waals surface area (Å²) in [5.41, 5.74) is 4.99. The molecule has 5 nitrogen and oxygen atoms in total. The van der Waals surface area contributed by atoms with Gasteiger partial charge in [-0.1, -0.05) is 36.4 Å². The van der Waals surface area contributed by atoms with Gasteiger partial charge < -0.3 is 20.1 Å². The van der Waals surface area contributed by atoms with Gasteiger partial charge in [0.1, 0.15) is 0 Å². The Bertz CT molecular complexity index is 818. The smallest absolute Gasteiger partial charge is 0.191 e. The minimum Gasteiger partial charge on any atom is -0.381 e. The van der Waals surface area contributed by atoms with Crippen LogP contribution in [0.3, 0.4) is 0 Å². The molecule has 1 saturated heterocycles. The fourth-order valence-corrected chi connectivity index (χ4v) is 4.10. The highest BCUT2D eigenvalue weighted by Crippen LogP contribution is 2.21. The normalized spacial score (nSPS) is 15.2. The molecular weight excluding hydrogens is 394 g/mol. The van der Waals surface area contributed by atoms with E-state index in [0.717, 1.165) is 45.1 Å². The fourth-order valence-electron chi connectivity index (χ4n) is 3.39. The van der Waals surface area contributed by atoms with E-state index in [-0.39, 0.29) is 0 Å². The van der Waals surface area contributed by atoms with E-state index < -0.39 is 0 Å². The quantitative estimate of drug-likeness (QED) is 0.374. The van der Waals surface area contributed by atoms with Gasteiger partial charge in [0.2, 0.25) is 0 Å². The van der Waals surface area contributed by atoms with Gasteiger partial charge in [-0.15, -0.1) is 11.8 Å². The van der Waals surface area contributed by atoms with Crippen molar-refractivity contribution in [2.24, 2.45) is 4.99 Å². The molecule has 0 bridgehead atoms. The number of aryl methyl sites for hydroxylation is 1. The SMILES string of the molecule is CN=C(NCc1ccc(COC2CCOCC2)cc1)NCc1ccc(C)cc1SC. The topological polar surface area (TPSA) is 54.9 Å². The second-order valence-electron chi connectivity index (χ2n) is 7.53. The zero-order chi connectivity index (χ0) is 21.2. The van der Waals surface area contributed by atoms with Gasteiger partial charge >= 0.3 is 0 Å². The summed E-state index contributed by atoms with van der Waals surface area (Å²) in [7, 11) is 1.80. The molecule has 162 valence electrons. The van der Waals surface area contributed by atoms with E-state index in [1.54, 1.807) is 18.8 Å². The Kier molecular flexibility index (Phi) is 9.05. The van der Waals surface area contributed by atoms with E-state index in [4.69, 9.17) is 9.47 Å². The average molecular weight is 428 g/mol. The van der Waals surface area contributed by atoms with Crippen LogP contribution >= 0.6 is 11.8 Å². The van der Waals surface area contributed by atoms with Gasteiger partial charge in [0, 0.05) is 38.2 Å². The van der Waals surface area contributed by atoms with Crippen LogP contribution in [0.2, 0.25) is 0 Å². The Morgan fingerprint density at radius 3 is 2.47 bits per heavy atom. The number of hydrogen-bond acceptors (Lipinski definition) is 4. The molecule has 1 fully saturated rings. The molecule has 0 amide bonds. The Balaban J connectivity index is 1.44. The van der Waals surface area contributed by atoms with Gasteiger partial charge in [0.05, 0.1) is 12.7 Å². The summed E-state index contributed by atoms with van der Waals surface area (Å²) >= 11 is 1.78. The van der Waals surface area contributed by atoms with Crippen LogP contribution in [0.4, 0.5) is 0 Å². The molecule has 2 aromatic carbocycles. The van der Waals surface area contributed by atoms with Crippen LogP contribution < -0.4 is 10.6 Å². The number of rotatable bonds is 8. The molecule has 0 aliphatic carbocycles. The minimum absolute atomic E-state index is 0.328. The van der Waals surface area contributed by atoms with E-state index in [2.05, 4.69) is 71.3 Å². The summed E-state index contributed by atoms with van der Waals surface area (Å²) in [5, 5.41) is 6.81. The van der Waals surface area contributed by atoms with E-state index >= 15 is 0 Å². The number of nitrogens with one attached hydrogen (secondary N) is 2.